The maximum Gasteiger partial charge on any atom is 0.208 e. The van der Waals surface area contributed by atoms with Crippen molar-refractivity contribution in [2.24, 2.45) is 0 Å². The summed E-state index contributed by atoms with van der Waals surface area (Å²) >= 11 is 0. The molecular weight excluding hydrogens is 597 g/mol. The third-order valence-electron chi connectivity index (χ3n) is 9.11. The Bertz CT molecular complexity index is 2800. The van der Waals surface area contributed by atoms with E-state index in [9.17, 15) is 8.42 Å². The van der Waals surface area contributed by atoms with Crippen LogP contribution in [0.2, 0.25) is 0 Å². The first kappa shape index (κ1) is 27.4. The van der Waals surface area contributed by atoms with Gasteiger partial charge in [-0.05, 0) is 62.1 Å². The predicted molar refractivity (Wildman–Crippen MR) is 192 cm³/mol. The van der Waals surface area contributed by atoms with Crippen molar-refractivity contribution in [1.29, 1.82) is 0 Å². The Hall–Kier alpha value is -5.91. The maximum atomic E-state index is 13.6. The molecule has 0 atom stereocenters. The van der Waals surface area contributed by atoms with Crippen LogP contribution in [0, 0.1) is 0 Å². The lowest BCUT2D eigenvalue weighted by molar-refractivity contribution is 0.595. The molecule has 0 radical (unpaired) electrons. The van der Waals surface area contributed by atoms with Crippen LogP contribution in [0.3, 0.4) is 0 Å². The van der Waals surface area contributed by atoms with Gasteiger partial charge in [0.15, 0.2) is 0 Å². The topological polar surface area (TPSA) is 59.9 Å². The Kier molecular flexibility index (Phi) is 6.17. The van der Waals surface area contributed by atoms with Crippen LogP contribution in [-0.2, 0) is 9.84 Å². The van der Waals surface area contributed by atoms with E-state index in [0.29, 0.717) is 5.56 Å². The van der Waals surface area contributed by atoms with Gasteiger partial charge < -0.3 is 0 Å². The highest BCUT2D eigenvalue weighted by atomic mass is 32.2. The summed E-state index contributed by atoms with van der Waals surface area (Å²) in [4.78, 5) is 10.3. The minimum absolute atomic E-state index is 0.152. The van der Waals surface area contributed by atoms with Crippen LogP contribution in [0.1, 0.15) is 0 Å². The van der Waals surface area contributed by atoms with Crippen LogP contribution < -0.4 is 0 Å². The highest BCUT2D eigenvalue weighted by molar-refractivity contribution is 7.91. The Morgan fingerprint density at radius 1 is 0.426 bits per heavy atom. The Morgan fingerprint density at radius 3 is 1.62 bits per heavy atom. The average molecular weight is 623 g/mol. The molecule has 0 aliphatic heterocycles. The molecule has 2 heterocycles. The normalized spacial score (nSPS) is 12.0. The smallest absolute Gasteiger partial charge is 0.208 e. The van der Waals surface area contributed by atoms with Gasteiger partial charge in [0, 0.05) is 39.7 Å². The third kappa shape index (κ3) is 4.24. The van der Waals surface area contributed by atoms with E-state index >= 15 is 0 Å². The summed E-state index contributed by atoms with van der Waals surface area (Å²) in [6, 6.07) is 48.2. The van der Waals surface area contributed by atoms with Gasteiger partial charge in [0.1, 0.15) is 0 Å². The zero-order valence-corrected chi connectivity index (χ0v) is 25.9. The van der Waals surface area contributed by atoms with Gasteiger partial charge >= 0.3 is 0 Å². The van der Waals surface area contributed by atoms with E-state index in [1.165, 1.54) is 22.4 Å². The molecular formula is C42H26N2O2S. The maximum absolute atomic E-state index is 13.6. The molecule has 0 aliphatic carbocycles. The molecule has 5 heteroatoms. The average Bonchev–Trinajstić information content (AvgIpc) is 3.14. The fourth-order valence-corrected chi connectivity index (χ4v) is 8.30. The molecule has 47 heavy (non-hydrogen) atoms. The Labute approximate surface area is 271 Å². The first-order chi connectivity index (χ1) is 23.1. The van der Waals surface area contributed by atoms with Crippen LogP contribution in [0.15, 0.2) is 168 Å². The standard InChI is InChI=1S/C42H26N2O2S/c45-47(46,29-15-5-2-6-16-29)30-23-28(25-43-26-30)37-24-38-39(34-20-10-9-19-33(34)37)40-35-21-11-7-17-31(35)32-18-8-12-22-36(32)41(40)42(44-38)27-13-3-1-4-14-27/h1-26H. The van der Waals surface area contributed by atoms with Gasteiger partial charge in [-0.25, -0.2) is 13.4 Å². The lowest BCUT2D eigenvalue weighted by atomic mass is 9.87. The van der Waals surface area contributed by atoms with E-state index in [2.05, 4.69) is 89.9 Å². The van der Waals surface area contributed by atoms with Gasteiger partial charge in [0.25, 0.3) is 0 Å². The molecule has 4 nitrogen and oxygen atoms in total. The second-order valence-electron chi connectivity index (χ2n) is 11.8. The Morgan fingerprint density at radius 2 is 0.957 bits per heavy atom. The fraction of sp³-hybridized carbons (Fsp3) is 0. The first-order valence-corrected chi connectivity index (χ1v) is 17.0. The number of fused-ring (bicyclic) bond motifs is 10. The molecule has 222 valence electrons. The van der Waals surface area contributed by atoms with Crippen LogP contribution >= 0.6 is 0 Å². The third-order valence-corrected chi connectivity index (χ3v) is 10.8. The monoisotopic (exact) mass is 622 g/mol. The molecule has 0 fully saturated rings. The van der Waals surface area contributed by atoms with Crippen molar-refractivity contribution in [3.63, 3.8) is 0 Å². The number of pyridine rings is 2. The highest BCUT2D eigenvalue weighted by Gasteiger charge is 2.22. The van der Waals surface area contributed by atoms with Crippen molar-refractivity contribution >= 4 is 63.8 Å². The van der Waals surface area contributed by atoms with Crippen molar-refractivity contribution < 1.29 is 8.42 Å². The second-order valence-corrected chi connectivity index (χ2v) is 13.7. The van der Waals surface area contributed by atoms with E-state index in [4.69, 9.17) is 4.98 Å². The summed E-state index contributed by atoms with van der Waals surface area (Å²) < 4.78 is 27.2. The molecule has 2 aromatic heterocycles. The molecule has 0 spiro atoms. The molecule has 0 bridgehead atoms. The molecule has 9 rings (SSSR count). The molecule has 0 amide bonds. The van der Waals surface area contributed by atoms with E-state index in [0.717, 1.165) is 54.7 Å². The van der Waals surface area contributed by atoms with Gasteiger partial charge in [-0.3, -0.25) is 4.98 Å². The van der Waals surface area contributed by atoms with Crippen molar-refractivity contribution in [2.45, 2.75) is 9.79 Å². The molecule has 9 aromatic rings. The van der Waals surface area contributed by atoms with Gasteiger partial charge in [-0.1, -0.05) is 121 Å². The number of hydrogen-bond acceptors (Lipinski definition) is 4. The lowest BCUT2D eigenvalue weighted by Gasteiger charge is -2.19. The minimum atomic E-state index is -3.76. The lowest BCUT2D eigenvalue weighted by Crippen LogP contribution is -2.02. The van der Waals surface area contributed by atoms with E-state index in [-0.39, 0.29) is 9.79 Å². The van der Waals surface area contributed by atoms with Crippen molar-refractivity contribution in [3.8, 4) is 22.4 Å². The molecule has 0 N–H and O–H groups in total. The molecule has 0 saturated carbocycles. The molecule has 0 saturated heterocycles. The summed E-state index contributed by atoms with van der Waals surface area (Å²) in [7, 11) is -3.76. The largest absolute Gasteiger partial charge is 0.263 e. The molecule has 0 unspecified atom stereocenters. The summed E-state index contributed by atoms with van der Waals surface area (Å²) in [5, 5.41) is 10.1. The number of sulfone groups is 1. The zero-order chi connectivity index (χ0) is 31.5. The van der Waals surface area contributed by atoms with E-state index in [1.54, 1.807) is 42.6 Å². The Balaban J connectivity index is 1.44. The first-order valence-electron chi connectivity index (χ1n) is 15.5. The van der Waals surface area contributed by atoms with Gasteiger partial charge in [-0.15, -0.1) is 0 Å². The van der Waals surface area contributed by atoms with Gasteiger partial charge in [0.2, 0.25) is 9.84 Å². The van der Waals surface area contributed by atoms with Crippen molar-refractivity contribution in [2.75, 3.05) is 0 Å². The molecule has 7 aromatic carbocycles. The van der Waals surface area contributed by atoms with Crippen LogP contribution in [0.25, 0.3) is 76.4 Å². The van der Waals surface area contributed by atoms with Crippen molar-refractivity contribution in [3.05, 3.63) is 158 Å². The number of nitrogens with zero attached hydrogens (tertiary/aromatic N) is 2. The number of rotatable bonds is 4. The summed E-state index contributed by atoms with van der Waals surface area (Å²) in [6.45, 7) is 0. The quantitative estimate of drug-likeness (QED) is 0.183. The summed E-state index contributed by atoms with van der Waals surface area (Å²) in [6.07, 6.45) is 3.16. The highest BCUT2D eigenvalue weighted by Crippen LogP contribution is 2.46. The van der Waals surface area contributed by atoms with Gasteiger partial charge in [0.05, 0.1) is 21.0 Å². The summed E-state index contributed by atoms with van der Waals surface area (Å²) in [5.41, 5.74) is 4.37. The van der Waals surface area contributed by atoms with E-state index in [1.807, 2.05) is 24.3 Å². The van der Waals surface area contributed by atoms with Gasteiger partial charge in [-0.2, -0.15) is 0 Å². The zero-order valence-electron chi connectivity index (χ0n) is 25.1. The SMILES string of the molecule is O=S(=O)(c1ccccc1)c1cncc(-c2cc3nc(-c4ccccc4)c4c5ccccc5c5ccccc5c4c3c3ccccc23)c1. The van der Waals surface area contributed by atoms with Crippen LogP contribution in [0.5, 0.6) is 0 Å². The number of benzene rings is 7. The molecule has 0 aliphatic rings. The van der Waals surface area contributed by atoms with E-state index < -0.39 is 9.84 Å². The summed E-state index contributed by atoms with van der Waals surface area (Å²) in [5.74, 6) is 0. The second kappa shape index (κ2) is 10.6. The minimum Gasteiger partial charge on any atom is -0.263 e. The predicted octanol–water partition coefficient (Wildman–Crippen LogP) is 10.4. The fourth-order valence-electron chi connectivity index (χ4n) is 7.03. The van der Waals surface area contributed by atoms with Crippen LogP contribution in [-0.4, -0.2) is 18.4 Å². The number of aromatic nitrogens is 2. The van der Waals surface area contributed by atoms with Crippen molar-refractivity contribution in [1.82, 2.24) is 9.97 Å². The number of hydrogen-bond donors (Lipinski definition) is 0. The van der Waals surface area contributed by atoms with Crippen LogP contribution in [0.4, 0.5) is 0 Å².